The number of rotatable bonds is 9. The molecule has 2 aromatic heterocycles. The molecular weight excluding hydrogens is 480 g/mol. The summed E-state index contributed by atoms with van der Waals surface area (Å²) in [6.45, 7) is 5.77. The molecule has 0 spiro atoms. The van der Waals surface area contributed by atoms with Gasteiger partial charge in [0.2, 0.25) is 5.89 Å². The van der Waals surface area contributed by atoms with Crippen molar-refractivity contribution in [2.45, 2.75) is 20.0 Å². The average molecular weight is 507 g/mol. The third-order valence-corrected chi connectivity index (χ3v) is 6.19. The van der Waals surface area contributed by atoms with Gasteiger partial charge in [0.15, 0.2) is 5.76 Å². The van der Waals surface area contributed by atoms with E-state index in [0.29, 0.717) is 28.7 Å². The Labute approximate surface area is 219 Å². The Bertz CT molecular complexity index is 1600. The van der Waals surface area contributed by atoms with Gasteiger partial charge in [-0.15, -0.1) is 0 Å². The molecule has 0 aliphatic rings. The first-order valence-corrected chi connectivity index (χ1v) is 12.2. The van der Waals surface area contributed by atoms with Crippen LogP contribution in [0.15, 0.2) is 102 Å². The molecule has 0 amide bonds. The van der Waals surface area contributed by atoms with Gasteiger partial charge in [-0.2, -0.15) is 0 Å². The molecule has 0 atom stereocenters. The van der Waals surface area contributed by atoms with E-state index in [-0.39, 0.29) is 31.5 Å². The molecule has 0 unspecified atom stereocenters. The summed E-state index contributed by atoms with van der Waals surface area (Å²) in [6.07, 6.45) is 3.24. The van der Waals surface area contributed by atoms with E-state index in [1.807, 2.05) is 61.5 Å². The number of carbonyl (C=O) groups excluding carboxylic acids is 2. The number of esters is 1. The van der Waals surface area contributed by atoms with Crippen LogP contribution < -0.4 is 4.74 Å². The SMILES string of the molecule is C=CCOC(=O)Cc1c(C)n(C(=O)c2ccc(OCc3cnc(-c4ccccc4)o3)cc2)c2ccccc12. The molecule has 0 radical (unpaired) electrons. The first-order valence-electron chi connectivity index (χ1n) is 12.2. The summed E-state index contributed by atoms with van der Waals surface area (Å²) < 4.78 is 18.4. The molecule has 7 heteroatoms. The van der Waals surface area contributed by atoms with Crippen molar-refractivity contribution in [2.75, 3.05) is 6.61 Å². The van der Waals surface area contributed by atoms with Gasteiger partial charge in [-0.25, -0.2) is 4.98 Å². The Morgan fingerprint density at radius 2 is 1.74 bits per heavy atom. The molecule has 190 valence electrons. The minimum atomic E-state index is -0.368. The number of nitrogens with zero attached hydrogens (tertiary/aromatic N) is 2. The Kier molecular flexibility index (Phi) is 7.17. The van der Waals surface area contributed by atoms with Gasteiger partial charge in [0.1, 0.15) is 19.0 Å². The van der Waals surface area contributed by atoms with E-state index in [1.165, 1.54) is 6.08 Å². The molecule has 0 saturated carbocycles. The van der Waals surface area contributed by atoms with E-state index in [1.54, 1.807) is 35.0 Å². The summed E-state index contributed by atoms with van der Waals surface area (Å²) in [5.74, 6) is 1.16. The highest BCUT2D eigenvalue weighted by molar-refractivity contribution is 6.04. The minimum Gasteiger partial charge on any atom is -0.486 e. The average Bonchev–Trinajstić information content (AvgIpc) is 3.54. The predicted octanol–water partition coefficient (Wildman–Crippen LogP) is 6.14. The number of fused-ring (bicyclic) bond motifs is 1. The smallest absolute Gasteiger partial charge is 0.310 e. The van der Waals surface area contributed by atoms with Crippen LogP contribution in [0, 0.1) is 6.92 Å². The van der Waals surface area contributed by atoms with Crippen molar-refractivity contribution in [3.8, 4) is 17.2 Å². The molecule has 0 saturated heterocycles. The largest absolute Gasteiger partial charge is 0.486 e. The van der Waals surface area contributed by atoms with Crippen LogP contribution in [0.3, 0.4) is 0 Å². The zero-order valence-electron chi connectivity index (χ0n) is 20.9. The van der Waals surface area contributed by atoms with E-state index >= 15 is 0 Å². The molecule has 7 nitrogen and oxygen atoms in total. The first-order chi connectivity index (χ1) is 18.5. The molecule has 0 aliphatic carbocycles. The van der Waals surface area contributed by atoms with Crippen molar-refractivity contribution in [3.63, 3.8) is 0 Å². The van der Waals surface area contributed by atoms with Crippen LogP contribution in [-0.2, 0) is 22.6 Å². The lowest BCUT2D eigenvalue weighted by Crippen LogP contribution is -2.14. The van der Waals surface area contributed by atoms with Gasteiger partial charge in [-0.1, -0.05) is 49.1 Å². The number of hydrogen-bond donors (Lipinski definition) is 0. The van der Waals surface area contributed by atoms with Crippen LogP contribution in [0.5, 0.6) is 5.75 Å². The lowest BCUT2D eigenvalue weighted by Gasteiger charge is -2.09. The number of oxazole rings is 1. The zero-order chi connectivity index (χ0) is 26.5. The molecule has 0 aliphatic heterocycles. The van der Waals surface area contributed by atoms with Gasteiger partial charge < -0.3 is 13.9 Å². The molecule has 0 bridgehead atoms. The predicted molar refractivity (Wildman–Crippen MR) is 144 cm³/mol. The Morgan fingerprint density at radius 3 is 2.50 bits per heavy atom. The molecule has 5 aromatic rings. The van der Waals surface area contributed by atoms with Gasteiger partial charge in [0.05, 0.1) is 18.1 Å². The van der Waals surface area contributed by atoms with Gasteiger partial charge in [0.25, 0.3) is 5.91 Å². The number of ether oxygens (including phenoxy) is 2. The highest BCUT2D eigenvalue weighted by Gasteiger charge is 2.21. The molecule has 2 heterocycles. The van der Waals surface area contributed by atoms with Gasteiger partial charge in [-0.3, -0.25) is 14.2 Å². The van der Waals surface area contributed by atoms with Crippen LogP contribution >= 0.6 is 0 Å². The fraction of sp³-hybridized carbons (Fsp3) is 0.129. The van der Waals surface area contributed by atoms with Crippen molar-refractivity contribution in [1.29, 1.82) is 0 Å². The fourth-order valence-corrected chi connectivity index (χ4v) is 4.33. The summed E-state index contributed by atoms with van der Waals surface area (Å²) in [7, 11) is 0. The number of hydrogen-bond acceptors (Lipinski definition) is 6. The van der Waals surface area contributed by atoms with E-state index in [0.717, 1.165) is 22.0 Å². The minimum absolute atomic E-state index is 0.0703. The van der Waals surface area contributed by atoms with E-state index in [9.17, 15) is 9.59 Å². The molecular formula is C31H26N2O5. The normalized spacial score (nSPS) is 10.9. The molecule has 0 N–H and O–H groups in total. The summed E-state index contributed by atoms with van der Waals surface area (Å²) in [5, 5.41) is 0.843. The monoisotopic (exact) mass is 506 g/mol. The van der Waals surface area contributed by atoms with Crippen molar-refractivity contribution in [3.05, 3.63) is 120 Å². The fourth-order valence-electron chi connectivity index (χ4n) is 4.33. The maximum Gasteiger partial charge on any atom is 0.310 e. The number of benzene rings is 3. The second kappa shape index (κ2) is 11.0. The van der Waals surface area contributed by atoms with Crippen molar-refractivity contribution >= 4 is 22.8 Å². The summed E-state index contributed by atoms with van der Waals surface area (Å²) >= 11 is 0. The highest BCUT2D eigenvalue weighted by Crippen LogP contribution is 2.28. The van der Waals surface area contributed by atoms with Crippen LogP contribution in [0.1, 0.15) is 27.4 Å². The number of aromatic nitrogens is 2. The van der Waals surface area contributed by atoms with E-state index < -0.39 is 0 Å². The van der Waals surface area contributed by atoms with Crippen LogP contribution in [0.25, 0.3) is 22.4 Å². The first kappa shape index (κ1) is 24.8. The molecule has 5 rings (SSSR count). The summed E-state index contributed by atoms with van der Waals surface area (Å²) in [4.78, 5) is 30.2. The summed E-state index contributed by atoms with van der Waals surface area (Å²) in [5.41, 5.74) is 3.59. The second-order valence-corrected chi connectivity index (χ2v) is 8.68. The van der Waals surface area contributed by atoms with Crippen molar-refractivity contribution < 1.29 is 23.5 Å². The topological polar surface area (TPSA) is 83.6 Å². The maximum absolute atomic E-state index is 13.5. The third kappa shape index (κ3) is 5.13. The van der Waals surface area contributed by atoms with Crippen molar-refractivity contribution in [2.24, 2.45) is 0 Å². The van der Waals surface area contributed by atoms with E-state index in [4.69, 9.17) is 13.9 Å². The number of para-hydroxylation sites is 1. The van der Waals surface area contributed by atoms with Gasteiger partial charge in [-0.05, 0) is 55.0 Å². The zero-order valence-corrected chi connectivity index (χ0v) is 20.9. The Hall–Kier alpha value is -4.91. The van der Waals surface area contributed by atoms with Crippen LogP contribution in [0.2, 0.25) is 0 Å². The van der Waals surface area contributed by atoms with Crippen molar-refractivity contribution in [1.82, 2.24) is 9.55 Å². The highest BCUT2D eigenvalue weighted by atomic mass is 16.5. The third-order valence-electron chi connectivity index (χ3n) is 6.19. The van der Waals surface area contributed by atoms with E-state index in [2.05, 4.69) is 11.6 Å². The summed E-state index contributed by atoms with van der Waals surface area (Å²) in [6, 6.07) is 24.1. The van der Waals surface area contributed by atoms with Crippen LogP contribution in [0.4, 0.5) is 0 Å². The van der Waals surface area contributed by atoms with Gasteiger partial charge in [0, 0.05) is 22.2 Å². The van der Waals surface area contributed by atoms with Gasteiger partial charge >= 0.3 is 5.97 Å². The lowest BCUT2D eigenvalue weighted by molar-refractivity contribution is -0.141. The Morgan fingerprint density at radius 1 is 1.00 bits per heavy atom. The van der Waals surface area contributed by atoms with Crippen LogP contribution in [-0.4, -0.2) is 28.0 Å². The molecule has 38 heavy (non-hydrogen) atoms. The molecule has 0 fully saturated rings. The lowest BCUT2D eigenvalue weighted by atomic mass is 10.1. The maximum atomic E-state index is 13.5. The molecule has 3 aromatic carbocycles. The number of carbonyl (C=O) groups is 2. The second-order valence-electron chi connectivity index (χ2n) is 8.68. The Balaban J connectivity index is 1.31. The standard InChI is InChI=1S/C31H26N2O5/c1-3-17-36-29(34)18-27-21(2)33(28-12-8-7-11-26(27)28)31(35)23-13-15-24(16-14-23)37-20-25-19-32-30(38-25)22-9-5-4-6-10-22/h3-16,19H,1,17-18,20H2,2H3. The quantitative estimate of drug-likeness (QED) is 0.176.